The molecule has 0 N–H and O–H groups in total. The number of aromatic nitrogens is 2. The fraction of sp³-hybridized carbons (Fsp3) is 0.800. The van der Waals surface area contributed by atoms with Gasteiger partial charge in [0.05, 0.1) is 18.3 Å². The molecule has 4 fully saturated rings. The molecule has 0 aliphatic heterocycles. The van der Waals surface area contributed by atoms with Crippen molar-refractivity contribution in [3.8, 4) is 6.07 Å². The fourth-order valence-corrected chi connectivity index (χ4v) is 8.39. The Morgan fingerprint density at radius 3 is 2.79 bits per heavy atom. The van der Waals surface area contributed by atoms with Gasteiger partial charge in [-0.3, -0.25) is 9.48 Å². The van der Waals surface area contributed by atoms with Crippen LogP contribution in [0.5, 0.6) is 0 Å². The maximum Gasteiger partial charge on any atom is 0.157 e. The Kier molecular flexibility index (Phi) is 4.84. The first-order valence-corrected chi connectivity index (χ1v) is 11.9. The van der Waals surface area contributed by atoms with Crippen LogP contribution in [0.15, 0.2) is 12.4 Å². The second-order valence-corrected chi connectivity index (χ2v) is 11.0. The largest absolute Gasteiger partial charge is 0.297 e. The molecule has 0 saturated heterocycles. The lowest BCUT2D eigenvalue weighted by molar-refractivity contribution is -0.131. The van der Waals surface area contributed by atoms with Crippen molar-refractivity contribution >= 4 is 5.78 Å². The molecule has 7 unspecified atom stereocenters. The zero-order chi connectivity index (χ0) is 20.2. The Hall–Kier alpha value is -1.63. The Balaban J connectivity index is 1.31. The molecule has 4 heteroatoms. The number of carbonyl (C=O) groups excluding carboxylic acids is 1. The second-order valence-electron chi connectivity index (χ2n) is 11.0. The van der Waals surface area contributed by atoms with Gasteiger partial charge in [0.1, 0.15) is 6.07 Å². The molecule has 1 aromatic rings. The van der Waals surface area contributed by atoms with Crippen LogP contribution in [0.25, 0.3) is 0 Å². The third kappa shape index (κ3) is 3.16. The Labute approximate surface area is 175 Å². The predicted molar refractivity (Wildman–Crippen MR) is 112 cm³/mol. The molecule has 1 heterocycles. The molecular formula is C25H35N3O. The molecular weight excluding hydrogens is 358 g/mol. The van der Waals surface area contributed by atoms with Crippen LogP contribution in [-0.4, -0.2) is 15.6 Å². The fourth-order valence-electron chi connectivity index (χ4n) is 8.39. The van der Waals surface area contributed by atoms with Gasteiger partial charge in [-0.1, -0.05) is 20.3 Å². The molecule has 29 heavy (non-hydrogen) atoms. The van der Waals surface area contributed by atoms with Crippen molar-refractivity contribution in [2.24, 2.45) is 46.8 Å². The summed E-state index contributed by atoms with van der Waals surface area (Å²) in [5.41, 5.74) is 0.713. The van der Waals surface area contributed by atoms with Gasteiger partial charge in [0.25, 0.3) is 0 Å². The number of hydrogen-bond donors (Lipinski definition) is 0. The number of nitrogens with zero attached hydrogens (tertiary/aromatic N) is 3. The van der Waals surface area contributed by atoms with Gasteiger partial charge in [-0.25, -0.2) is 0 Å². The molecule has 4 aliphatic carbocycles. The molecule has 0 bridgehead atoms. The summed E-state index contributed by atoms with van der Waals surface area (Å²) in [6.07, 6.45) is 15.3. The number of ketones is 1. The summed E-state index contributed by atoms with van der Waals surface area (Å²) < 4.78 is 1.66. The highest BCUT2D eigenvalue weighted by Gasteiger charge is 2.58. The molecule has 4 aliphatic rings. The highest BCUT2D eigenvalue weighted by molar-refractivity contribution is 5.82. The molecule has 5 rings (SSSR count). The highest BCUT2D eigenvalue weighted by atomic mass is 16.1. The van der Waals surface area contributed by atoms with Crippen molar-refractivity contribution in [2.45, 2.75) is 78.2 Å². The van der Waals surface area contributed by atoms with E-state index in [1.165, 1.54) is 51.4 Å². The monoisotopic (exact) mass is 393 g/mol. The van der Waals surface area contributed by atoms with E-state index in [-0.39, 0.29) is 11.3 Å². The summed E-state index contributed by atoms with van der Waals surface area (Å²) in [6, 6.07) is 2.10. The second kappa shape index (κ2) is 7.25. The first kappa shape index (κ1) is 19.3. The molecule has 0 radical (unpaired) electrons. The SMILES string of the molecule is CC1CCC2C(CCC3C2CCC2(C)C(C(=O)Cn4cc(C#N)cn4)CC[C@@H]32)C1. The van der Waals surface area contributed by atoms with Crippen molar-refractivity contribution in [3.05, 3.63) is 18.0 Å². The van der Waals surface area contributed by atoms with Crippen LogP contribution >= 0.6 is 0 Å². The van der Waals surface area contributed by atoms with Gasteiger partial charge in [0.2, 0.25) is 0 Å². The van der Waals surface area contributed by atoms with Gasteiger partial charge in [-0.15, -0.1) is 0 Å². The number of nitriles is 1. The molecule has 0 aromatic carbocycles. The van der Waals surface area contributed by atoms with Crippen molar-refractivity contribution in [1.29, 1.82) is 5.26 Å². The lowest BCUT2D eigenvalue weighted by atomic mass is 9.49. The van der Waals surface area contributed by atoms with Crippen LogP contribution < -0.4 is 0 Å². The van der Waals surface area contributed by atoms with E-state index in [1.54, 1.807) is 17.1 Å². The summed E-state index contributed by atoms with van der Waals surface area (Å²) in [7, 11) is 0. The third-order valence-corrected chi connectivity index (χ3v) is 9.69. The average Bonchev–Trinajstić information content (AvgIpc) is 3.30. The Morgan fingerprint density at radius 1 is 1.17 bits per heavy atom. The van der Waals surface area contributed by atoms with Crippen LogP contribution in [-0.2, 0) is 11.3 Å². The topological polar surface area (TPSA) is 58.7 Å². The Bertz CT molecular complexity index is 822. The zero-order valence-electron chi connectivity index (χ0n) is 18.0. The van der Waals surface area contributed by atoms with Crippen molar-refractivity contribution in [1.82, 2.24) is 9.78 Å². The van der Waals surface area contributed by atoms with E-state index >= 15 is 0 Å². The van der Waals surface area contributed by atoms with Crippen LogP contribution in [0.3, 0.4) is 0 Å². The first-order valence-electron chi connectivity index (χ1n) is 11.9. The van der Waals surface area contributed by atoms with Crippen molar-refractivity contribution < 1.29 is 4.79 Å². The summed E-state index contributed by atoms with van der Waals surface area (Å²) in [6.45, 7) is 5.21. The van der Waals surface area contributed by atoms with E-state index in [2.05, 4.69) is 25.0 Å². The maximum absolute atomic E-state index is 13.3. The van der Waals surface area contributed by atoms with Crippen LogP contribution in [0.1, 0.15) is 77.2 Å². The van der Waals surface area contributed by atoms with E-state index in [9.17, 15) is 4.79 Å². The van der Waals surface area contributed by atoms with Crippen LogP contribution in [0.4, 0.5) is 0 Å². The molecule has 156 valence electrons. The van der Waals surface area contributed by atoms with E-state index in [1.807, 2.05) is 0 Å². The first-order chi connectivity index (χ1) is 14.0. The van der Waals surface area contributed by atoms with E-state index in [0.717, 1.165) is 41.9 Å². The van der Waals surface area contributed by atoms with Crippen LogP contribution in [0.2, 0.25) is 0 Å². The zero-order valence-corrected chi connectivity index (χ0v) is 18.0. The minimum absolute atomic E-state index is 0.173. The quantitative estimate of drug-likeness (QED) is 0.706. The molecule has 4 nitrogen and oxygen atoms in total. The summed E-state index contributed by atoms with van der Waals surface area (Å²) in [5.74, 6) is 5.92. The lowest BCUT2D eigenvalue weighted by Crippen LogP contribution is -2.49. The number of carbonyl (C=O) groups is 1. The lowest BCUT2D eigenvalue weighted by Gasteiger charge is -2.56. The van der Waals surface area contributed by atoms with Crippen LogP contribution in [0, 0.1) is 58.2 Å². The minimum atomic E-state index is 0.173. The van der Waals surface area contributed by atoms with Gasteiger partial charge in [-0.2, -0.15) is 10.4 Å². The molecule has 0 amide bonds. The third-order valence-electron chi connectivity index (χ3n) is 9.69. The van der Waals surface area contributed by atoms with Gasteiger partial charge >= 0.3 is 0 Å². The van der Waals surface area contributed by atoms with Gasteiger partial charge < -0.3 is 0 Å². The van der Waals surface area contributed by atoms with Crippen molar-refractivity contribution in [3.63, 3.8) is 0 Å². The summed E-state index contributed by atoms with van der Waals surface area (Å²) >= 11 is 0. The van der Waals surface area contributed by atoms with Crippen molar-refractivity contribution in [2.75, 3.05) is 0 Å². The van der Waals surface area contributed by atoms with E-state index in [4.69, 9.17) is 5.26 Å². The normalized spacial score (nSPS) is 43.7. The summed E-state index contributed by atoms with van der Waals surface area (Å²) in [4.78, 5) is 13.3. The number of rotatable bonds is 3. The van der Waals surface area contributed by atoms with E-state index in [0.29, 0.717) is 17.9 Å². The average molecular weight is 394 g/mol. The number of hydrogen-bond acceptors (Lipinski definition) is 3. The molecule has 8 atom stereocenters. The highest BCUT2D eigenvalue weighted by Crippen LogP contribution is 2.64. The standard InChI is InChI=1S/C25H35N3O/c1-16-3-5-19-18(11-16)4-6-21-20(19)9-10-25(2)22(21)7-8-23(25)24(29)15-28-14-17(12-26)13-27-28/h13-14,16,18-23H,3-11,15H2,1-2H3/t16?,18?,19?,20?,21?,22-,23?,25?/m0/s1. The van der Waals surface area contributed by atoms with Gasteiger partial charge in [0, 0.05) is 12.1 Å². The maximum atomic E-state index is 13.3. The smallest absolute Gasteiger partial charge is 0.157 e. The van der Waals surface area contributed by atoms with Gasteiger partial charge in [0.15, 0.2) is 5.78 Å². The minimum Gasteiger partial charge on any atom is -0.297 e. The number of fused-ring (bicyclic) bond motifs is 5. The predicted octanol–water partition coefficient (Wildman–Crippen LogP) is 5.23. The van der Waals surface area contributed by atoms with E-state index < -0.39 is 0 Å². The number of Topliss-reactive ketones (excluding diaryl/α,β-unsaturated/α-hetero) is 1. The molecule has 4 saturated carbocycles. The Morgan fingerprint density at radius 2 is 2.00 bits per heavy atom. The molecule has 1 aromatic heterocycles. The van der Waals surface area contributed by atoms with Gasteiger partial charge in [-0.05, 0) is 92.3 Å². The molecule has 0 spiro atoms. The summed E-state index contributed by atoms with van der Waals surface area (Å²) in [5, 5.41) is 13.2.